The fraction of sp³-hybridized carbons (Fsp3) is 0. The lowest BCUT2D eigenvalue weighted by molar-refractivity contribution is -0.483. The first kappa shape index (κ1) is 11.7. The third-order valence-corrected chi connectivity index (χ3v) is 2.37. The van der Waals surface area contributed by atoms with E-state index in [2.05, 4.69) is 5.18 Å². The topological polar surface area (TPSA) is 75.8 Å². The van der Waals surface area contributed by atoms with E-state index in [1.807, 2.05) is 0 Å². The molecule has 2 aromatic carbocycles. The summed E-state index contributed by atoms with van der Waals surface area (Å²) < 4.78 is 0. The van der Waals surface area contributed by atoms with E-state index in [0.29, 0.717) is 5.69 Å². The van der Waals surface area contributed by atoms with Gasteiger partial charge in [-0.1, -0.05) is 35.3 Å². The Morgan fingerprint density at radius 1 is 1.00 bits per heavy atom. The Hall–Kier alpha value is -2.76. The van der Waals surface area contributed by atoms with Gasteiger partial charge in [-0.15, -0.1) is 4.91 Å². The monoisotopic (exact) mass is 243 g/mol. The van der Waals surface area contributed by atoms with Crippen LogP contribution in [0.4, 0.5) is 17.1 Å². The van der Waals surface area contributed by atoms with Crippen LogP contribution in [0.3, 0.4) is 0 Å². The molecule has 0 radical (unpaired) electrons. The van der Waals surface area contributed by atoms with E-state index in [1.165, 1.54) is 12.1 Å². The highest BCUT2D eigenvalue weighted by molar-refractivity contribution is 5.71. The van der Waals surface area contributed by atoms with Gasteiger partial charge in [0.25, 0.3) is 0 Å². The first-order chi connectivity index (χ1) is 8.74. The SMILES string of the molecule is O=Nc1ccccc1N(c1ccccc1)[N+](=O)[O-]. The molecule has 0 fully saturated rings. The van der Waals surface area contributed by atoms with Crippen molar-refractivity contribution in [3.8, 4) is 0 Å². The molecule has 0 heterocycles. The van der Waals surface area contributed by atoms with E-state index >= 15 is 0 Å². The molecule has 0 unspecified atom stereocenters. The van der Waals surface area contributed by atoms with Crippen LogP contribution in [0.2, 0.25) is 0 Å². The van der Waals surface area contributed by atoms with Gasteiger partial charge in [0.15, 0.2) is 5.03 Å². The molecule has 0 N–H and O–H groups in total. The van der Waals surface area contributed by atoms with Gasteiger partial charge >= 0.3 is 0 Å². The average Bonchev–Trinajstić information content (AvgIpc) is 2.40. The molecule has 0 saturated carbocycles. The van der Waals surface area contributed by atoms with Crippen LogP contribution < -0.4 is 5.01 Å². The van der Waals surface area contributed by atoms with E-state index in [0.717, 1.165) is 5.01 Å². The molecule has 0 aromatic heterocycles. The zero-order valence-corrected chi connectivity index (χ0v) is 9.26. The van der Waals surface area contributed by atoms with Gasteiger partial charge in [-0.3, -0.25) is 0 Å². The van der Waals surface area contributed by atoms with Crippen molar-refractivity contribution < 1.29 is 5.03 Å². The molecular weight excluding hydrogens is 234 g/mol. The molecule has 2 aromatic rings. The van der Waals surface area contributed by atoms with Gasteiger partial charge in [0.1, 0.15) is 17.1 Å². The highest BCUT2D eigenvalue weighted by Crippen LogP contribution is 2.33. The predicted octanol–water partition coefficient (Wildman–Crippen LogP) is 3.41. The Kier molecular flexibility index (Phi) is 3.29. The zero-order valence-electron chi connectivity index (χ0n) is 9.26. The minimum atomic E-state index is -0.584. The van der Waals surface area contributed by atoms with Gasteiger partial charge in [0.2, 0.25) is 0 Å². The molecule has 90 valence electrons. The minimum absolute atomic E-state index is 0.0260. The molecular formula is C12H9N3O3. The molecule has 6 heteroatoms. The predicted molar refractivity (Wildman–Crippen MR) is 67.5 cm³/mol. The molecule has 6 nitrogen and oxygen atoms in total. The van der Waals surface area contributed by atoms with Crippen molar-refractivity contribution in [3.63, 3.8) is 0 Å². The van der Waals surface area contributed by atoms with Crippen molar-refractivity contribution in [3.05, 3.63) is 69.6 Å². The van der Waals surface area contributed by atoms with Gasteiger partial charge in [0, 0.05) is 0 Å². The number of hydrogen-bond donors (Lipinski definition) is 0. The van der Waals surface area contributed by atoms with Crippen molar-refractivity contribution >= 4 is 17.1 Å². The van der Waals surface area contributed by atoms with Gasteiger partial charge < -0.3 is 0 Å². The summed E-state index contributed by atoms with van der Waals surface area (Å²) in [5.41, 5.74) is 0.528. The highest BCUT2D eigenvalue weighted by Gasteiger charge is 2.23. The fourth-order valence-electron chi connectivity index (χ4n) is 1.61. The third-order valence-electron chi connectivity index (χ3n) is 2.37. The number of anilines is 2. The van der Waals surface area contributed by atoms with E-state index in [9.17, 15) is 15.0 Å². The van der Waals surface area contributed by atoms with Gasteiger partial charge in [0.05, 0.1) is 0 Å². The van der Waals surface area contributed by atoms with E-state index in [4.69, 9.17) is 0 Å². The standard InChI is InChI=1S/C12H9N3O3/c16-13-11-8-4-5-9-12(11)14(15(17)18)10-6-2-1-3-7-10/h1-9H. The van der Waals surface area contributed by atoms with E-state index in [-0.39, 0.29) is 11.4 Å². The Morgan fingerprint density at radius 3 is 2.22 bits per heavy atom. The molecule has 0 bridgehead atoms. The van der Waals surface area contributed by atoms with E-state index in [1.54, 1.807) is 42.5 Å². The highest BCUT2D eigenvalue weighted by atomic mass is 16.7. The summed E-state index contributed by atoms with van der Waals surface area (Å²) >= 11 is 0. The summed E-state index contributed by atoms with van der Waals surface area (Å²) in [7, 11) is 0. The molecule has 0 atom stereocenters. The Balaban J connectivity index is 2.56. The maximum Gasteiger partial charge on any atom is 0.170 e. The minimum Gasteiger partial charge on any atom is -0.234 e. The zero-order chi connectivity index (χ0) is 13.0. The molecule has 2 rings (SSSR count). The van der Waals surface area contributed by atoms with Gasteiger partial charge in [-0.2, -0.15) is 0 Å². The molecule has 0 saturated heterocycles. The third kappa shape index (κ3) is 2.17. The number of benzene rings is 2. The number of para-hydroxylation sites is 2. The normalized spacial score (nSPS) is 9.78. The van der Waals surface area contributed by atoms with Crippen molar-refractivity contribution in [1.29, 1.82) is 0 Å². The lowest BCUT2D eigenvalue weighted by Gasteiger charge is -2.14. The number of hydrogen-bond acceptors (Lipinski definition) is 4. The van der Waals surface area contributed by atoms with Crippen molar-refractivity contribution in [2.24, 2.45) is 5.18 Å². The number of nitrogens with zero attached hydrogens (tertiary/aromatic N) is 3. The second kappa shape index (κ2) is 5.05. The maximum atomic E-state index is 11.2. The second-order valence-corrected chi connectivity index (χ2v) is 3.47. The summed E-state index contributed by atoms with van der Waals surface area (Å²) in [6, 6.07) is 14.4. The van der Waals surface area contributed by atoms with Crippen LogP contribution in [0.15, 0.2) is 59.8 Å². The molecule has 0 aliphatic carbocycles. The van der Waals surface area contributed by atoms with Crippen LogP contribution in [-0.2, 0) is 0 Å². The molecule has 0 aliphatic rings. The number of nitro groups is 1. The molecule has 0 spiro atoms. The molecule has 0 aliphatic heterocycles. The summed E-state index contributed by atoms with van der Waals surface area (Å²) in [6.07, 6.45) is 0. The number of nitroso groups, excluding NO2 is 1. The van der Waals surface area contributed by atoms with Gasteiger partial charge in [-0.25, -0.2) is 10.1 Å². The quantitative estimate of drug-likeness (QED) is 0.468. The van der Waals surface area contributed by atoms with Crippen LogP contribution in [-0.4, -0.2) is 5.03 Å². The lowest BCUT2D eigenvalue weighted by atomic mass is 10.2. The smallest absolute Gasteiger partial charge is 0.170 e. The first-order valence-corrected chi connectivity index (χ1v) is 5.16. The number of hydrazine groups is 1. The first-order valence-electron chi connectivity index (χ1n) is 5.16. The largest absolute Gasteiger partial charge is 0.234 e. The van der Waals surface area contributed by atoms with Crippen molar-refractivity contribution in [2.45, 2.75) is 0 Å². The summed E-state index contributed by atoms with van der Waals surface area (Å²) in [6.45, 7) is 0. The second-order valence-electron chi connectivity index (χ2n) is 3.47. The fourth-order valence-corrected chi connectivity index (χ4v) is 1.61. The Bertz CT molecular complexity index is 572. The molecule has 0 amide bonds. The Morgan fingerprint density at radius 2 is 1.61 bits per heavy atom. The molecule has 18 heavy (non-hydrogen) atoms. The summed E-state index contributed by atoms with van der Waals surface area (Å²) in [5, 5.41) is 14.2. The van der Waals surface area contributed by atoms with Crippen LogP contribution in [0, 0.1) is 15.0 Å². The Labute approximate surface area is 103 Å². The summed E-state index contributed by atoms with van der Waals surface area (Å²) in [4.78, 5) is 21.8. The maximum absolute atomic E-state index is 11.2. The summed E-state index contributed by atoms with van der Waals surface area (Å²) in [5.74, 6) is 0. The van der Waals surface area contributed by atoms with Crippen LogP contribution in [0.25, 0.3) is 0 Å². The average molecular weight is 243 g/mol. The van der Waals surface area contributed by atoms with E-state index < -0.39 is 5.03 Å². The van der Waals surface area contributed by atoms with Crippen molar-refractivity contribution in [2.75, 3.05) is 5.01 Å². The van der Waals surface area contributed by atoms with Crippen LogP contribution in [0.1, 0.15) is 0 Å². The number of rotatable bonds is 4. The van der Waals surface area contributed by atoms with Crippen molar-refractivity contribution in [1.82, 2.24) is 0 Å². The van der Waals surface area contributed by atoms with Gasteiger partial charge in [-0.05, 0) is 29.4 Å². The lowest BCUT2D eigenvalue weighted by Crippen LogP contribution is -2.24. The van der Waals surface area contributed by atoms with Crippen LogP contribution >= 0.6 is 0 Å². The van der Waals surface area contributed by atoms with Crippen LogP contribution in [0.5, 0.6) is 0 Å².